The van der Waals surface area contributed by atoms with E-state index < -0.39 is 0 Å². The van der Waals surface area contributed by atoms with Gasteiger partial charge in [0, 0.05) is 6.04 Å². The molecule has 3 aliphatic rings. The minimum Gasteiger partial charge on any atom is -0.293 e. The minimum absolute atomic E-state index is 0.147. The van der Waals surface area contributed by atoms with Crippen LogP contribution in [0.15, 0.2) is 71.9 Å². The molecule has 88 valence electrons. The van der Waals surface area contributed by atoms with Crippen LogP contribution in [-0.4, -0.2) is 12.1 Å². The van der Waals surface area contributed by atoms with E-state index in [1.807, 2.05) is 30.4 Å². The third kappa shape index (κ3) is 2.16. The molecule has 1 heterocycles. The molecule has 1 nitrogen and oxygen atoms in total. The largest absolute Gasteiger partial charge is 0.293 e. The van der Waals surface area contributed by atoms with E-state index in [9.17, 15) is 0 Å². The predicted octanol–water partition coefficient (Wildman–Crippen LogP) is 2.83. The van der Waals surface area contributed by atoms with E-state index in [1.54, 1.807) is 0 Å². The van der Waals surface area contributed by atoms with Gasteiger partial charge in [0.2, 0.25) is 0 Å². The normalized spacial score (nSPS) is 36.7. The van der Waals surface area contributed by atoms with Crippen LogP contribution in [0.2, 0.25) is 0 Å². The zero-order valence-electron chi connectivity index (χ0n) is 10.1. The number of hydrogen-bond acceptors (Lipinski definition) is 1. The minimum atomic E-state index is 0.147. The van der Waals surface area contributed by atoms with Gasteiger partial charge in [-0.15, -0.1) is 0 Å². The van der Waals surface area contributed by atoms with Crippen molar-refractivity contribution in [1.82, 2.24) is 5.32 Å². The van der Waals surface area contributed by atoms with Gasteiger partial charge in [-0.25, -0.2) is 0 Å². The summed E-state index contributed by atoms with van der Waals surface area (Å²) in [6.45, 7) is 0. The molecule has 18 heavy (non-hydrogen) atoms. The second-order valence-electron chi connectivity index (χ2n) is 4.48. The molecule has 1 fully saturated rings. The lowest BCUT2D eigenvalue weighted by Crippen LogP contribution is -2.29. The third-order valence-corrected chi connectivity index (χ3v) is 3.30. The Bertz CT molecular complexity index is 570. The Balaban J connectivity index is 2.01. The SMILES string of the molecule is C1#CC2NC3CC=CC=C3\C2=C/C=C\C=C/C=C/1. The molecule has 1 saturated heterocycles. The first-order valence-corrected chi connectivity index (χ1v) is 6.29. The van der Waals surface area contributed by atoms with Gasteiger partial charge in [0.25, 0.3) is 0 Å². The van der Waals surface area contributed by atoms with E-state index in [0.717, 1.165) is 6.42 Å². The molecule has 0 bridgehead atoms. The van der Waals surface area contributed by atoms with Gasteiger partial charge in [0.15, 0.2) is 0 Å². The fourth-order valence-electron chi connectivity index (χ4n) is 2.44. The number of fused-ring (bicyclic) bond motifs is 3. The van der Waals surface area contributed by atoms with Crippen molar-refractivity contribution < 1.29 is 0 Å². The second-order valence-corrected chi connectivity index (χ2v) is 4.48. The number of allylic oxidation sites excluding steroid dienone is 9. The zero-order chi connectivity index (χ0) is 12.2. The van der Waals surface area contributed by atoms with Crippen LogP contribution in [0.5, 0.6) is 0 Å². The van der Waals surface area contributed by atoms with Gasteiger partial charge >= 0.3 is 0 Å². The Morgan fingerprint density at radius 1 is 0.944 bits per heavy atom. The summed E-state index contributed by atoms with van der Waals surface area (Å²) in [6.07, 6.45) is 21.8. The summed E-state index contributed by atoms with van der Waals surface area (Å²) in [7, 11) is 0. The second kappa shape index (κ2) is 5.08. The summed E-state index contributed by atoms with van der Waals surface area (Å²) in [4.78, 5) is 0. The maximum Gasteiger partial charge on any atom is 0.0957 e. The molecule has 3 rings (SSSR count). The first-order valence-electron chi connectivity index (χ1n) is 6.29. The van der Waals surface area contributed by atoms with Gasteiger partial charge < -0.3 is 0 Å². The van der Waals surface area contributed by atoms with E-state index >= 15 is 0 Å². The highest BCUT2D eigenvalue weighted by Crippen LogP contribution is 2.30. The molecule has 1 aliphatic heterocycles. The summed E-state index contributed by atoms with van der Waals surface area (Å²) in [5, 5.41) is 3.58. The highest BCUT2D eigenvalue weighted by Gasteiger charge is 2.31. The van der Waals surface area contributed by atoms with E-state index in [1.165, 1.54) is 11.1 Å². The molecular formula is C17H15N. The molecular weight excluding hydrogens is 218 g/mol. The highest BCUT2D eigenvalue weighted by molar-refractivity contribution is 5.53. The van der Waals surface area contributed by atoms with Gasteiger partial charge in [-0.1, -0.05) is 66.5 Å². The van der Waals surface area contributed by atoms with Crippen molar-refractivity contribution in [1.29, 1.82) is 0 Å². The van der Waals surface area contributed by atoms with Crippen molar-refractivity contribution in [2.45, 2.75) is 18.5 Å². The fraction of sp³-hybridized carbons (Fsp3) is 0.176. The lowest BCUT2D eigenvalue weighted by Gasteiger charge is -2.12. The van der Waals surface area contributed by atoms with Crippen molar-refractivity contribution in [2.24, 2.45) is 0 Å². The van der Waals surface area contributed by atoms with Crippen molar-refractivity contribution >= 4 is 0 Å². The molecule has 0 aromatic heterocycles. The van der Waals surface area contributed by atoms with Crippen LogP contribution in [0.3, 0.4) is 0 Å². The van der Waals surface area contributed by atoms with Crippen LogP contribution in [0.1, 0.15) is 6.42 Å². The Labute approximate surface area is 108 Å². The third-order valence-electron chi connectivity index (χ3n) is 3.30. The Morgan fingerprint density at radius 2 is 1.78 bits per heavy atom. The standard InChI is InChI=1S/C17H15N/c1-2-4-6-10-14-15-11-8-9-13-17(15)18-16(14)12-7-5-3-1/h1-6,8-11,16-18H,13H2/b2-1-,5-3+,6-4-,14-10+. The van der Waals surface area contributed by atoms with Crippen LogP contribution in [0, 0.1) is 11.8 Å². The molecule has 1 heteroatoms. The summed E-state index contributed by atoms with van der Waals surface area (Å²) >= 11 is 0. The quantitative estimate of drug-likeness (QED) is 0.634. The van der Waals surface area contributed by atoms with E-state index in [0.29, 0.717) is 6.04 Å². The molecule has 0 radical (unpaired) electrons. The van der Waals surface area contributed by atoms with E-state index in [2.05, 4.69) is 47.5 Å². The van der Waals surface area contributed by atoms with Crippen LogP contribution < -0.4 is 5.32 Å². The maximum atomic E-state index is 3.58. The van der Waals surface area contributed by atoms with Gasteiger partial charge in [-0.05, 0) is 23.6 Å². The molecule has 0 saturated carbocycles. The van der Waals surface area contributed by atoms with Crippen LogP contribution in [0.4, 0.5) is 0 Å². The van der Waals surface area contributed by atoms with Gasteiger partial charge in [0.1, 0.15) is 0 Å². The van der Waals surface area contributed by atoms with Crippen molar-refractivity contribution in [3.8, 4) is 11.8 Å². The zero-order valence-corrected chi connectivity index (χ0v) is 10.1. The first kappa shape index (κ1) is 11.1. The summed E-state index contributed by atoms with van der Waals surface area (Å²) in [6, 6.07) is 0.574. The molecule has 2 aliphatic carbocycles. The fourth-order valence-corrected chi connectivity index (χ4v) is 2.44. The topological polar surface area (TPSA) is 12.0 Å². The number of hydrogen-bond donors (Lipinski definition) is 1. The molecule has 1 N–H and O–H groups in total. The van der Waals surface area contributed by atoms with E-state index in [4.69, 9.17) is 0 Å². The molecule has 2 unspecified atom stereocenters. The average Bonchev–Trinajstić information content (AvgIpc) is 2.72. The van der Waals surface area contributed by atoms with Crippen LogP contribution in [0.25, 0.3) is 0 Å². The van der Waals surface area contributed by atoms with Gasteiger partial charge in [-0.3, -0.25) is 5.32 Å². The van der Waals surface area contributed by atoms with Crippen LogP contribution in [-0.2, 0) is 0 Å². The highest BCUT2D eigenvalue weighted by atomic mass is 15.0. The Kier molecular flexibility index (Phi) is 3.12. The first-order chi connectivity index (χ1) is 8.95. The predicted molar refractivity (Wildman–Crippen MR) is 75.8 cm³/mol. The number of nitrogens with one attached hydrogen (secondary N) is 1. The van der Waals surface area contributed by atoms with Crippen molar-refractivity contribution in [3.05, 3.63) is 71.9 Å². The molecule has 0 aromatic carbocycles. The van der Waals surface area contributed by atoms with Crippen LogP contribution >= 0.6 is 0 Å². The Hall–Kier alpha value is -2.04. The smallest absolute Gasteiger partial charge is 0.0957 e. The summed E-state index contributed by atoms with van der Waals surface area (Å²) in [5.41, 5.74) is 2.69. The Morgan fingerprint density at radius 3 is 2.78 bits per heavy atom. The molecule has 2 atom stereocenters. The lowest BCUT2D eigenvalue weighted by atomic mass is 9.94. The summed E-state index contributed by atoms with van der Waals surface area (Å²) < 4.78 is 0. The van der Waals surface area contributed by atoms with Gasteiger partial charge in [0.05, 0.1) is 6.04 Å². The molecule has 0 spiro atoms. The summed E-state index contributed by atoms with van der Waals surface area (Å²) in [5.74, 6) is 6.39. The van der Waals surface area contributed by atoms with E-state index in [-0.39, 0.29) is 6.04 Å². The van der Waals surface area contributed by atoms with Gasteiger partial charge in [-0.2, -0.15) is 0 Å². The molecule has 0 amide bonds. The van der Waals surface area contributed by atoms with Crippen molar-refractivity contribution in [3.63, 3.8) is 0 Å². The molecule has 0 aromatic rings. The monoisotopic (exact) mass is 233 g/mol. The van der Waals surface area contributed by atoms with Crippen molar-refractivity contribution in [2.75, 3.05) is 0 Å². The average molecular weight is 233 g/mol. The maximum absolute atomic E-state index is 3.58. The number of rotatable bonds is 0. The lowest BCUT2D eigenvalue weighted by molar-refractivity contribution is 0.633.